The van der Waals surface area contributed by atoms with Gasteiger partial charge in [0.2, 0.25) is 0 Å². The van der Waals surface area contributed by atoms with Crippen molar-refractivity contribution < 1.29 is 47.8 Å². The van der Waals surface area contributed by atoms with Crippen LogP contribution in [0.3, 0.4) is 0 Å². The average Bonchev–Trinajstić information content (AvgIpc) is 3.28. The Balaban J connectivity index is 1.16. The van der Waals surface area contributed by atoms with E-state index in [4.69, 9.17) is 37.9 Å². The molecule has 2 aliphatic rings. The molecule has 0 unspecified atom stereocenters. The van der Waals surface area contributed by atoms with E-state index in [1.165, 1.54) is 11.8 Å². The number of aliphatic hydroxyl groups is 1. The molecule has 59 heavy (non-hydrogen) atoms. The second kappa shape index (κ2) is 21.2. The Morgan fingerprint density at radius 3 is 1.66 bits per heavy atom. The number of hydrogen-bond donors (Lipinski definition) is 1. The van der Waals surface area contributed by atoms with E-state index in [1.807, 2.05) is 128 Å². The van der Waals surface area contributed by atoms with Crippen LogP contribution in [0.1, 0.15) is 39.5 Å². The first kappa shape index (κ1) is 42.7. The van der Waals surface area contributed by atoms with E-state index in [1.54, 1.807) is 38.3 Å². The SMILES string of the molecule is CO[C@H]1O[C@H](CO[C@@H]2O[C@H](C)[C@@H](OC(=O)c3ccccc3)[C@H](O)[C@H]2Sc2ccc(C)cc2)[C@@H](OCc2ccccc2)[C@H](OCc2ccccc2)[C@H]1OCc1ccccc1. The van der Waals surface area contributed by atoms with Crippen LogP contribution >= 0.6 is 11.8 Å². The van der Waals surface area contributed by atoms with Gasteiger partial charge in [0.1, 0.15) is 30.5 Å². The minimum atomic E-state index is -1.15. The molecule has 7 rings (SSSR count). The Morgan fingerprint density at radius 2 is 1.12 bits per heavy atom. The fraction of sp³-hybridized carbons (Fsp3) is 0.354. The molecule has 0 amide bonds. The molecule has 10 nitrogen and oxygen atoms in total. The highest BCUT2D eigenvalue weighted by atomic mass is 32.2. The Kier molecular flexibility index (Phi) is 15.4. The molecule has 0 aromatic heterocycles. The third kappa shape index (κ3) is 11.5. The number of methoxy groups -OCH3 is 1. The Hall–Kier alpha value is -4.40. The molecule has 0 radical (unpaired) electrons. The van der Waals surface area contributed by atoms with Crippen molar-refractivity contribution in [3.63, 3.8) is 0 Å². The molecule has 2 heterocycles. The highest BCUT2D eigenvalue weighted by Gasteiger charge is 2.51. The Morgan fingerprint density at radius 1 is 0.610 bits per heavy atom. The number of aryl methyl sites for hydroxylation is 1. The average molecular weight is 821 g/mol. The smallest absolute Gasteiger partial charge is 0.338 e. The number of thioether (sulfide) groups is 1. The summed E-state index contributed by atoms with van der Waals surface area (Å²) in [4.78, 5) is 14.1. The normalized spacial score (nSPS) is 26.9. The van der Waals surface area contributed by atoms with E-state index >= 15 is 0 Å². The fourth-order valence-electron chi connectivity index (χ4n) is 7.22. The van der Waals surface area contributed by atoms with E-state index in [0.29, 0.717) is 18.8 Å². The molecule has 310 valence electrons. The summed E-state index contributed by atoms with van der Waals surface area (Å²) in [6, 6.07) is 46.4. The maximum absolute atomic E-state index is 13.2. The molecule has 0 bridgehead atoms. The van der Waals surface area contributed by atoms with Crippen molar-refractivity contribution in [2.24, 2.45) is 0 Å². The molecule has 0 spiro atoms. The predicted octanol–water partition coefficient (Wildman–Crippen LogP) is 7.93. The quantitative estimate of drug-likeness (QED) is 0.0924. The van der Waals surface area contributed by atoms with Crippen molar-refractivity contribution in [1.29, 1.82) is 0 Å². The summed E-state index contributed by atoms with van der Waals surface area (Å²) in [7, 11) is 1.58. The largest absolute Gasteiger partial charge is 0.453 e. The first-order valence-electron chi connectivity index (χ1n) is 20.0. The van der Waals surface area contributed by atoms with E-state index in [9.17, 15) is 9.90 Å². The third-order valence-corrected chi connectivity index (χ3v) is 11.7. The van der Waals surface area contributed by atoms with Crippen LogP contribution in [0.2, 0.25) is 0 Å². The zero-order valence-electron chi connectivity index (χ0n) is 33.5. The Labute approximate surface area is 350 Å². The van der Waals surface area contributed by atoms with Crippen molar-refractivity contribution in [1.82, 2.24) is 0 Å². The highest BCUT2D eigenvalue weighted by molar-refractivity contribution is 8.00. The molecule has 0 aliphatic carbocycles. The lowest BCUT2D eigenvalue weighted by molar-refractivity contribution is -0.331. The molecule has 2 saturated heterocycles. The molecular weight excluding hydrogens is 769 g/mol. The van der Waals surface area contributed by atoms with Gasteiger partial charge in [0.25, 0.3) is 0 Å². The molecular formula is C48H52O10S. The summed E-state index contributed by atoms with van der Waals surface area (Å²) in [5.74, 6) is -0.547. The maximum atomic E-state index is 13.2. The maximum Gasteiger partial charge on any atom is 0.338 e. The van der Waals surface area contributed by atoms with Gasteiger partial charge in [-0.05, 0) is 54.8 Å². The second-order valence-corrected chi connectivity index (χ2v) is 16.0. The monoisotopic (exact) mass is 820 g/mol. The van der Waals surface area contributed by atoms with Crippen molar-refractivity contribution in [3.05, 3.63) is 173 Å². The van der Waals surface area contributed by atoms with Crippen LogP contribution in [0.25, 0.3) is 0 Å². The van der Waals surface area contributed by atoms with Crippen LogP contribution in [0.15, 0.2) is 150 Å². The van der Waals surface area contributed by atoms with Gasteiger partial charge in [-0.25, -0.2) is 4.79 Å². The van der Waals surface area contributed by atoms with Crippen LogP contribution < -0.4 is 0 Å². The number of hydrogen-bond acceptors (Lipinski definition) is 11. The lowest BCUT2D eigenvalue weighted by atomic mass is 9.97. The van der Waals surface area contributed by atoms with E-state index in [2.05, 4.69) is 0 Å². The summed E-state index contributed by atoms with van der Waals surface area (Å²) < 4.78 is 51.9. The zero-order valence-corrected chi connectivity index (χ0v) is 34.3. The zero-order chi connectivity index (χ0) is 41.0. The van der Waals surface area contributed by atoms with E-state index in [-0.39, 0.29) is 13.2 Å². The van der Waals surface area contributed by atoms with Gasteiger partial charge in [0, 0.05) is 12.0 Å². The lowest BCUT2D eigenvalue weighted by Gasteiger charge is -2.47. The molecule has 5 aromatic carbocycles. The van der Waals surface area contributed by atoms with Crippen molar-refractivity contribution in [3.8, 4) is 0 Å². The fourth-order valence-corrected chi connectivity index (χ4v) is 8.37. The number of benzene rings is 5. The van der Waals surface area contributed by atoms with Gasteiger partial charge in [0.05, 0.1) is 43.3 Å². The van der Waals surface area contributed by atoms with Crippen molar-refractivity contribution in [2.75, 3.05) is 13.7 Å². The van der Waals surface area contributed by atoms with Crippen LogP contribution in [-0.4, -0.2) is 85.4 Å². The van der Waals surface area contributed by atoms with Gasteiger partial charge in [0.15, 0.2) is 18.7 Å². The minimum absolute atomic E-state index is 0.0144. The predicted molar refractivity (Wildman–Crippen MR) is 223 cm³/mol. The van der Waals surface area contributed by atoms with E-state index in [0.717, 1.165) is 27.1 Å². The summed E-state index contributed by atoms with van der Waals surface area (Å²) >= 11 is 1.40. The number of carbonyl (C=O) groups excluding carboxylic acids is 1. The second-order valence-electron chi connectivity index (χ2n) is 14.7. The number of ether oxygens (including phenoxy) is 8. The molecule has 10 atom stereocenters. The van der Waals surface area contributed by atoms with Crippen LogP contribution in [0.4, 0.5) is 0 Å². The van der Waals surface area contributed by atoms with Gasteiger partial charge in [-0.2, -0.15) is 0 Å². The molecule has 0 saturated carbocycles. The molecule has 2 aliphatic heterocycles. The summed E-state index contributed by atoms with van der Waals surface area (Å²) in [5.41, 5.74) is 4.43. The number of carbonyl (C=O) groups is 1. The third-order valence-electron chi connectivity index (χ3n) is 10.4. The summed E-state index contributed by atoms with van der Waals surface area (Å²) in [6.45, 7) is 4.63. The number of aliphatic hydroxyl groups excluding tert-OH is 1. The van der Waals surface area contributed by atoms with Crippen LogP contribution in [0, 0.1) is 6.92 Å². The van der Waals surface area contributed by atoms with Crippen molar-refractivity contribution in [2.45, 2.75) is 99.1 Å². The van der Waals surface area contributed by atoms with Crippen LogP contribution in [0.5, 0.6) is 0 Å². The first-order valence-corrected chi connectivity index (χ1v) is 20.8. The van der Waals surface area contributed by atoms with Crippen LogP contribution in [-0.2, 0) is 57.7 Å². The number of rotatable bonds is 17. The standard InChI is InChI=1S/C48H52O10S/c1-32-24-26-38(27-25-32)59-45-40(49)41(58-46(50)37-22-14-7-15-23-37)33(2)56-48(45)55-31-39-42(52-28-34-16-8-4-9-17-34)43(53-29-35-18-10-5-11-19-35)44(47(51-3)57-39)54-30-36-20-12-6-13-21-36/h4-27,33,39-45,47-49H,28-31H2,1-3H3/t33-,39-,40+,41-,42-,43+,44-,45-,47+,48-/m1/s1. The lowest BCUT2D eigenvalue weighted by Crippen LogP contribution is -2.62. The molecule has 1 N–H and O–H groups in total. The highest BCUT2D eigenvalue weighted by Crippen LogP contribution is 2.38. The number of esters is 1. The van der Waals surface area contributed by atoms with Gasteiger partial charge in [-0.1, -0.05) is 127 Å². The topological polar surface area (TPSA) is 111 Å². The summed E-state index contributed by atoms with van der Waals surface area (Å²) in [5, 5.41) is 11.3. The molecule has 2 fully saturated rings. The van der Waals surface area contributed by atoms with Gasteiger partial charge in [-0.15, -0.1) is 11.8 Å². The van der Waals surface area contributed by atoms with Gasteiger partial charge >= 0.3 is 5.97 Å². The first-order chi connectivity index (χ1) is 28.9. The minimum Gasteiger partial charge on any atom is -0.453 e. The van der Waals surface area contributed by atoms with Gasteiger partial charge in [-0.3, -0.25) is 0 Å². The summed E-state index contributed by atoms with van der Waals surface area (Å²) in [6.07, 6.45) is -7.37. The molecule has 5 aromatic rings. The van der Waals surface area contributed by atoms with E-state index < -0.39 is 66.5 Å². The molecule has 11 heteroatoms. The Bertz CT molecular complexity index is 1990. The van der Waals surface area contributed by atoms with Crippen molar-refractivity contribution >= 4 is 17.7 Å². The van der Waals surface area contributed by atoms with Gasteiger partial charge < -0.3 is 43.0 Å².